The molecule has 1 aromatic heterocycles. The first-order valence-electron chi connectivity index (χ1n) is 10.5. The van der Waals surface area contributed by atoms with Gasteiger partial charge in [-0.25, -0.2) is 9.78 Å². The minimum atomic E-state index is -1.64. The standard InChI is InChI=1S/C23H26Br2N4O2/c24-17-9-8-16(14-18(17)25)15-23(26,22(30)31)21-27-19-6-1-2-7-20(19)29(21)13-5-12-28-10-3-4-11-28/h1-2,6-9,14H,3-5,10-13,15,26H2,(H,30,31). The molecule has 0 spiro atoms. The van der Waals surface area contributed by atoms with Crippen LogP contribution in [0.4, 0.5) is 0 Å². The second-order valence-corrected chi connectivity index (χ2v) is 9.89. The minimum absolute atomic E-state index is 0.143. The Morgan fingerprint density at radius 1 is 1.10 bits per heavy atom. The highest BCUT2D eigenvalue weighted by Gasteiger charge is 2.41. The van der Waals surface area contributed by atoms with E-state index >= 15 is 0 Å². The maximum Gasteiger partial charge on any atom is 0.331 e. The maximum absolute atomic E-state index is 12.5. The summed E-state index contributed by atoms with van der Waals surface area (Å²) in [6.07, 6.45) is 3.58. The van der Waals surface area contributed by atoms with E-state index < -0.39 is 11.5 Å². The smallest absolute Gasteiger partial charge is 0.331 e. The first-order chi connectivity index (χ1) is 14.9. The van der Waals surface area contributed by atoms with Crippen LogP contribution in [0.5, 0.6) is 0 Å². The lowest BCUT2D eigenvalue weighted by Crippen LogP contribution is -2.49. The molecule has 0 saturated carbocycles. The molecule has 2 heterocycles. The fraction of sp³-hybridized carbons (Fsp3) is 0.391. The van der Waals surface area contributed by atoms with E-state index in [0.29, 0.717) is 12.4 Å². The SMILES string of the molecule is NC(Cc1ccc(Br)c(Br)c1)(C(=O)O)c1nc2ccccc2n1CCCN1CCCC1. The lowest BCUT2D eigenvalue weighted by atomic mass is 9.90. The van der Waals surface area contributed by atoms with Crippen molar-refractivity contribution in [2.75, 3.05) is 19.6 Å². The number of benzene rings is 2. The average molecular weight is 550 g/mol. The van der Waals surface area contributed by atoms with Gasteiger partial charge in [0.15, 0.2) is 5.54 Å². The molecule has 0 aliphatic carbocycles. The Kier molecular flexibility index (Phi) is 6.81. The summed E-state index contributed by atoms with van der Waals surface area (Å²) in [5, 5.41) is 10.2. The number of carboxylic acids is 1. The third-order valence-electron chi connectivity index (χ3n) is 5.96. The van der Waals surface area contributed by atoms with E-state index in [0.717, 1.165) is 51.6 Å². The van der Waals surface area contributed by atoms with Gasteiger partial charge in [-0.2, -0.15) is 0 Å². The zero-order valence-corrected chi connectivity index (χ0v) is 20.4. The molecule has 4 rings (SSSR count). The first kappa shape index (κ1) is 22.5. The topological polar surface area (TPSA) is 84.4 Å². The van der Waals surface area contributed by atoms with Gasteiger partial charge in [-0.3, -0.25) is 0 Å². The molecule has 1 aliphatic rings. The first-order valence-corrected chi connectivity index (χ1v) is 12.1. The number of halogens is 2. The summed E-state index contributed by atoms with van der Waals surface area (Å²) in [6, 6.07) is 13.4. The number of rotatable bonds is 8. The van der Waals surface area contributed by atoms with Crippen LogP contribution in [0, 0.1) is 0 Å². The van der Waals surface area contributed by atoms with Crippen LogP contribution in [-0.2, 0) is 23.3 Å². The predicted molar refractivity (Wildman–Crippen MR) is 129 cm³/mol. The zero-order valence-electron chi connectivity index (χ0n) is 17.2. The van der Waals surface area contributed by atoms with Crippen LogP contribution in [0.2, 0.25) is 0 Å². The van der Waals surface area contributed by atoms with E-state index in [9.17, 15) is 9.90 Å². The van der Waals surface area contributed by atoms with Crippen LogP contribution in [-0.4, -0.2) is 45.2 Å². The number of nitrogens with zero attached hydrogens (tertiary/aromatic N) is 3. The number of hydrogen-bond acceptors (Lipinski definition) is 4. The van der Waals surface area contributed by atoms with Crippen LogP contribution in [0.25, 0.3) is 11.0 Å². The van der Waals surface area contributed by atoms with Crippen molar-refractivity contribution in [2.45, 2.75) is 37.8 Å². The fourth-order valence-electron chi connectivity index (χ4n) is 4.32. The average Bonchev–Trinajstić information content (AvgIpc) is 3.39. The maximum atomic E-state index is 12.5. The summed E-state index contributed by atoms with van der Waals surface area (Å²) in [7, 11) is 0. The summed E-state index contributed by atoms with van der Waals surface area (Å²) in [5.74, 6) is -0.677. The molecule has 0 radical (unpaired) electrons. The number of aliphatic carboxylic acids is 1. The number of fused-ring (bicyclic) bond motifs is 1. The zero-order chi connectivity index (χ0) is 22.0. The number of likely N-dealkylation sites (tertiary alicyclic amines) is 1. The number of imidazole rings is 1. The van der Waals surface area contributed by atoms with Crippen LogP contribution in [0.1, 0.15) is 30.7 Å². The Labute approximate surface area is 198 Å². The number of carbonyl (C=O) groups is 1. The monoisotopic (exact) mass is 548 g/mol. The van der Waals surface area contributed by atoms with Gasteiger partial charge < -0.3 is 20.3 Å². The molecular formula is C23H26Br2N4O2. The molecule has 0 amide bonds. The predicted octanol–water partition coefficient (Wildman–Crippen LogP) is 4.53. The Bertz CT molecular complexity index is 1090. The number of hydrogen-bond donors (Lipinski definition) is 2. The second kappa shape index (κ2) is 9.40. The summed E-state index contributed by atoms with van der Waals surface area (Å²) in [6.45, 7) is 3.97. The van der Waals surface area contributed by atoms with Gasteiger partial charge in [0.1, 0.15) is 5.82 Å². The Morgan fingerprint density at radius 2 is 1.84 bits per heavy atom. The van der Waals surface area contributed by atoms with Gasteiger partial charge in [0, 0.05) is 21.9 Å². The Morgan fingerprint density at radius 3 is 2.55 bits per heavy atom. The van der Waals surface area contributed by atoms with Gasteiger partial charge in [0.2, 0.25) is 0 Å². The van der Waals surface area contributed by atoms with E-state index in [1.54, 1.807) is 0 Å². The lowest BCUT2D eigenvalue weighted by molar-refractivity contribution is -0.144. The van der Waals surface area contributed by atoms with Crippen molar-refractivity contribution in [1.82, 2.24) is 14.5 Å². The van der Waals surface area contributed by atoms with E-state index in [2.05, 4.69) is 36.8 Å². The largest absolute Gasteiger partial charge is 0.480 e. The molecule has 1 saturated heterocycles. The van der Waals surface area contributed by atoms with Crippen LogP contribution < -0.4 is 5.73 Å². The summed E-state index contributed by atoms with van der Waals surface area (Å²) in [4.78, 5) is 19.7. The van der Waals surface area contributed by atoms with Crippen molar-refractivity contribution in [1.29, 1.82) is 0 Å². The number of nitrogens with two attached hydrogens (primary N) is 1. The molecule has 6 nitrogen and oxygen atoms in total. The molecule has 3 N–H and O–H groups in total. The molecule has 8 heteroatoms. The highest BCUT2D eigenvalue weighted by atomic mass is 79.9. The number of para-hydroxylation sites is 2. The molecule has 3 aromatic rings. The Hall–Kier alpha value is -1.74. The number of carboxylic acid groups (broad SMARTS) is 1. The normalized spacial score (nSPS) is 16.6. The molecule has 0 bridgehead atoms. The molecule has 1 fully saturated rings. The molecular weight excluding hydrogens is 524 g/mol. The van der Waals surface area contributed by atoms with Crippen molar-refractivity contribution in [3.8, 4) is 0 Å². The summed E-state index contributed by atoms with van der Waals surface area (Å²) < 4.78 is 3.77. The van der Waals surface area contributed by atoms with Crippen molar-refractivity contribution in [3.05, 3.63) is 62.8 Å². The van der Waals surface area contributed by atoms with E-state index in [1.807, 2.05) is 47.0 Å². The quantitative estimate of drug-likeness (QED) is 0.431. The van der Waals surface area contributed by atoms with Crippen molar-refractivity contribution in [3.63, 3.8) is 0 Å². The third-order valence-corrected chi connectivity index (χ3v) is 7.84. The van der Waals surface area contributed by atoms with Gasteiger partial charge in [0.05, 0.1) is 11.0 Å². The number of aryl methyl sites for hydroxylation is 1. The van der Waals surface area contributed by atoms with Crippen molar-refractivity contribution < 1.29 is 9.90 Å². The Balaban J connectivity index is 1.69. The summed E-state index contributed by atoms with van der Waals surface area (Å²) >= 11 is 6.95. The fourth-order valence-corrected chi connectivity index (χ4v) is 5.00. The molecule has 1 aliphatic heterocycles. The van der Waals surface area contributed by atoms with Crippen LogP contribution in [0.3, 0.4) is 0 Å². The van der Waals surface area contributed by atoms with E-state index in [1.165, 1.54) is 12.8 Å². The highest BCUT2D eigenvalue weighted by molar-refractivity contribution is 9.13. The van der Waals surface area contributed by atoms with Crippen LogP contribution in [0.15, 0.2) is 51.4 Å². The van der Waals surface area contributed by atoms with Gasteiger partial charge in [-0.15, -0.1) is 0 Å². The van der Waals surface area contributed by atoms with Gasteiger partial charge in [0.25, 0.3) is 0 Å². The second-order valence-electron chi connectivity index (χ2n) is 8.18. The minimum Gasteiger partial charge on any atom is -0.480 e. The number of aromatic nitrogens is 2. The highest BCUT2D eigenvalue weighted by Crippen LogP contribution is 2.30. The molecule has 31 heavy (non-hydrogen) atoms. The van der Waals surface area contributed by atoms with Gasteiger partial charge in [-0.1, -0.05) is 18.2 Å². The van der Waals surface area contributed by atoms with E-state index in [4.69, 9.17) is 10.7 Å². The van der Waals surface area contributed by atoms with E-state index in [-0.39, 0.29) is 6.42 Å². The molecule has 1 unspecified atom stereocenters. The molecule has 164 valence electrons. The van der Waals surface area contributed by atoms with Gasteiger partial charge in [-0.05, 0) is 101 Å². The van der Waals surface area contributed by atoms with Crippen molar-refractivity contribution in [2.24, 2.45) is 5.73 Å². The molecule has 1 atom stereocenters. The third kappa shape index (κ3) is 4.72. The lowest BCUT2D eigenvalue weighted by Gasteiger charge is -2.26. The van der Waals surface area contributed by atoms with Crippen molar-refractivity contribution >= 4 is 48.9 Å². The van der Waals surface area contributed by atoms with Crippen LogP contribution >= 0.6 is 31.9 Å². The summed E-state index contributed by atoms with van der Waals surface area (Å²) in [5.41, 5.74) is 7.50. The van der Waals surface area contributed by atoms with Gasteiger partial charge >= 0.3 is 5.97 Å². The molecule has 2 aromatic carbocycles.